The van der Waals surface area contributed by atoms with Crippen LogP contribution in [0, 0.1) is 0 Å². The molecule has 4 heteroatoms. The summed E-state index contributed by atoms with van der Waals surface area (Å²) in [5.41, 5.74) is 2.20. The van der Waals surface area contributed by atoms with E-state index < -0.39 is 0 Å². The zero-order valence-corrected chi connectivity index (χ0v) is 14.4. The van der Waals surface area contributed by atoms with Crippen molar-refractivity contribution in [1.29, 1.82) is 0 Å². The lowest BCUT2D eigenvalue weighted by Gasteiger charge is -2.22. The minimum atomic E-state index is 0.0256. The van der Waals surface area contributed by atoms with Gasteiger partial charge in [0.05, 0.1) is 5.69 Å². The smallest absolute Gasteiger partial charge is 0.138 e. The average Bonchev–Trinajstić information content (AvgIpc) is 2.66. The van der Waals surface area contributed by atoms with Crippen LogP contribution in [-0.2, 0) is 6.42 Å². The highest BCUT2D eigenvalue weighted by molar-refractivity contribution is 9.10. The van der Waals surface area contributed by atoms with E-state index in [0.29, 0.717) is 0 Å². The Morgan fingerprint density at radius 1 is 1.25 bits per heavy atom. The zero-order valence-electron chi connectivity index (χ0n) is 12.8. The fourth-order valence-corrected chi connectivity index (χ4v) is 2.61. The molecule has 0 aliphatic carbocycles. The summed E-state index contributed by atoms with van der Waals surface area (Å²) in [6.45, 7) is 8.77. The number of aryl methyl sites for hydroxylation is 1. The summed E-state index contributed by atoms with van der Waals surface area (Å²) in [6, 6.07) is 4.10. The third-order valence-electron chi connectivity index (χ3n) is 3.17. The largest absolute Gasteiger partial charge is 0.365 e. The number of rotatable bonds is 5. The lowest BCUT2D eigenvalue weighted by atomic mass is 10.1. The molecule has 3 nitrogen and oxygen atoms in total. The minimum Gasteiger partial charge on any atom is -0.365 e. The molecule has 0 aliphatic heterocycles. The van der Waals surface area contributed by atoms with Crippen molar-refractivity contribution in [2.75, 3.05) is 5.32 Å². The molecule has 0 fully saturated rings. The molecule has 0 amide bonds. The Bertz CT molecular complexity index is 581. The average molecular weight is 338 g/mol. The lowest BCUT2D eigenvalue weighted by molar-refractivity contribution is 0.625. The Labute approximate surface area is 129 Å². The molecule has 2 aromatic heterocycles. The van der Waals surface area contributed by atoms with Gasteiger partial charge in [-0.1, -0.05) is 19.8 Å². The first kappa shape index (κ1) is 15.4. The Hall–Kier alpha value is -1.03. The lowest BCUT2D eigenvalue weighted by Crippen LogP contribution is -2.27. The number of halogens is 1. The minimum absolute atomic E-state index is 0.0256. The monoisotopic (exact) mass is 337 g/mol. The van der Waals surface area contributed by atoms with Crippen molar-refractivity contribution >= 4 is 27.4 Å². The second kappa shape index (κ2) is 6.17. The molecular formula is C16H24BrN3. The van der Waals surface area contributed by atoms with Gasteiger partial charge in [-0.05, 0) is 61.7 Å². The number of aromatic nitrogens is 2. The summed E-state index contributed by atoms with van der Waals surface area (Å²) in [5.74, 6) is 1.13. The van der Waals surface area contributed by atoms with Crippen LogP contribution in [0.4, 0.5) is 5.82 Å². The molecular weight excluding hydrogens is 314 g/mol. The predicted octanol–water partition coefficient (Wildman–Crippen LogP) is 5.04. The quantitative estimate of drug-likeness (QED) is 0.774. The van der Waals surface area contributed by atoms with Gasteiger partial charge >= 0.3 is 0 Å². The van der Waals surface area contributed by atoms with E-state index in [1.807, 2.05) is 6.07 Å². The number of nitrogens with zero attached hydrogens (tertiary/aromatic N) is 2. The Kier molecular flexibility index (Phi) is 4.74. The first-order valence-electron chi connectivity index (χ1n) is 7.35. The molecule has 0 atom stereocenters. The third-order valence-corrected chi connectivity index (χ3v) is 3.63. The van der Waals surface area contributed by atoms with Gasteiger partial charge in [-0.25, -0.2) is 4.98 Å². The number of hydrogen-bond acceptors (Lipinski definition) is 2. The summed E-state index contributed by atoms with van der Waals surface area (Å²) in [6.07, 6.45) is 6.80. The molecule has 20 heavy (non-hydrogen) atoms. The van der Waals surface area contributed by atoms with Crippen LogP contribution in [-0.4, -0.2) is 14.9 Å². The van der Waals surface area contributed by atoms with Crippen LogP contribution in [0.25, 0.3) is 5.65 Å². The van der Waals surface area contributed by atoms with Crippen LogP contribution in [0.1, 0.15) is 52.7 Å². The second-order valence-electron chi connectivity index (χ2n) is 6.31. The van der Waals surface area contributed by atoms with Gasteiger partial charge in [-0.2, -0.15) is 0 Å². The van der Waals surface area contributed by atoms with Crippen LogP contribution >= 0.6 is 15.9 Å². The van der Waals surface area contributed by atoms with E-state index in [-0.39, 0.29) is 5.54 Å². The van der Waals surface area contributed by atoms with Crippen molar-refractivity contribution in [3.63, 3.8) is 0 Å². The van der Waals surface area contributed by atoms with E-state index >= 15 is 0 Å². The second-order valence-corrected chi connectivity index (χ2v) is 7.23. The molecule has 0 radical (unpaired) electrons. The molecule has 1 N–H and O–H groups in total. The van der Waals surface area contributed by atoms with Crippen molar-refractivity contribution in [2.45, 2.75) is 58.9 Å². The van der Waals surface area contributed by atoms with E-state index in [9.17, 15) is 0 Å². The number of nitrogens with one attached hydrogen (secondary N) is 1. The van der Waals surface area contributed by atoms with E-state index in [2.05, 4.69) is 65.6 Å². The topological polar surface area (TPSA) is 29.3 Å². The number of pyridine rings is 1. The fourth-order valence-electron chi connectivity index (χ4n) is 2.27. The first-order valence-corrected chi connectivity index (χ1v) is 8.14. The maximum Gasteiger partial charge on any atom is 0.138 e. The van der Waals surface area contributed by atoms with Crippen molar-refractivity contribution in [1.82, 2.24) is 9.38 Å². The van der Waals surface area contributed by atoms with E-state index in [1.54, 1.807) is 0 Å². The highest BCUT2D eigenvalue weighted by Crippen LogP contribution is 2.25. The maximum absolute atomic E-state index is 4.79. The Morgan fingerprint density at radius 2 is 2.00 bits per heavy atom. The molecule has 0 aromatic carbocycles. The van der Waals surface area contributed by atoms with Crippen molar-refractivity contribution in [2.24, 2.45) is 0 Å². The van der Waals surface area contributed by atoms with Gasteiger partial charge in [0, 0.05) is 16.2 Å². The van der Waals surface area contributed by atoms with Gasteiger partial charge in [0.15, 0.2) is 0 Å². The van der Waals surface area contributed by atoms with Gasteiger partial charge in [0.1, 0.15) is 11.5 Å². The summed E-state index contributed by atoms with van der Waals surface area (Å²) in [4.78, 5) is 4.79. The molecule has 0 bridgehead atoms. The normalized spacial score (nSPS) is 12.1. The van der Waals surface area contributed by atoms with Crippen LogP contribution in [0.2, 0.25) is 0 Å². The standard InChI is InChI=1S/C16H24BrN3/c1-5-6-7-8-13-15(19-16(2,3)4)20-11-12(17)9-10-14(20)18-13/h9-11,19H,5-8H2,1-4H3. The van der Waals surface area contributed by atoms with Crippen LogP contribution < -0.4 is 5.32 Å². The summed E-state index contributed by atoms with van der Waals surface area (Å²) in [7, 11) is 0. The molecule has 2 heterocycles. The van der Waals surface area contributed by atoms with E-state index in [1.165, 1.54) is 25.0 Å². The fraction of sp³-hybridized carbons (Fsp3) is 0.562. The van der Waals surface area contributed by atoms with Crippen LogP contribution in [0.3, 0.4) is 0 Å². The van der Waals surface area contributed by atoms with Gasteiger partial charge in [-0.3, -0.25) is 4.40 Å². The van der Waals surface area contributed by atoms with Crippen molar-refractivity contribution in [3.05, 3.63) is 28.5 Å². The number of hydrogen-bond donors (Lipinski definition) is 1. The molecule has 0 unspecified atom stereocenters. The van der Waals surface area contributed by atoms with Gasteiger partial charge in [0.25, 0.3) is 0 Å². The van der Waals surface area contributed by atoms with Crippen LogP contribution in [0.5, 0.6) is 0 Å². The molecule has 2 aromatic rings. The molecule has 0 aliphatic rings. The van der Waals surface area contributed by atoms with Crippen molar-refractivity contribution in [3.8, 4) is 0 Å². The van der Waals surface area contributed by atoms with E-state index in [0.717, 1.165) is 22.4 Å². The molecule has 0 saturated heterocycles. The Balaban J connectivity index is 2.40. The highest BCUT2D eigenvalue weighted by atomic mass is 79.9. The zero-order chi connectivity index (χ0) is 14.8. The van der Waals surface area contributed by atoms with E-state index in [4.69, 9.17) is 4.98 Å². The maximum atomic E-state index is 4.79. The van der Waals surface area contributed by atoms with Crippen molar-refractivity contribution < 1.29 is 0 Å². The van der Waals surface area contributed by atoms with Gasteiger partial charge in [0.2, 0.25) is 0 Å². The molecule has 2 rings (SSSR count). The summed E-state index contributed by atoms with van der Waals surface area (Å²) < 4.78 is 3.22. The summed E-state index contributed by atoms with van der Waals surface area (Å²) >= 11 is 3.54. The molecule has 110 valence electrons. The van der Waals surface area contributed by atoms with Gasteiger partial charge < -0.3 is 5.32 Å². The number of anilines is 1. The third kappa shape index (κ3) is 3.75. The SMILES string of the molecule is CCCCCc1nc2ccc(Br)cn2c1NC(C)(C)C. The highest BCUT2D eigenvalue weighted by Gasteiger charge is 2.17. The summed E-state index contributed by atoms with van der Waals surface area (Å²) in [5, 5.41) is 3.61. The molecule has 0 spiro atoms. The number of unbranched alkanes of at least 4 members (excludes halogenated alkanes) is 2. The number of imidazole rings is 1. The van der Waals surface area contributed by atoms with Crippen LogP contribution in [0.15, 0.2) is 22.8 Å². The molecule has 0 saturated carbocycles. The number of fused-ring (bicyclic) bond motifs is 1. The first-order chi connectivity index (χ1) is 9.40. The predicted molar refractivity (Wildman–Crippen MR) is 89.5 cm³/mol. The Morgan fingerprint density at radius 3 is 2.65 bits per heavy atom. The van der Waals surface area contributed by atoms with Gasteiger partial charge in [-0.15, -0.1) is 0 Å².